The molecule has 0 spiro atoms. The molecule has 1 aromatic heterocycles. The molecule has 0 saturated heterocycles. The zero-order valence-corrected chi connectivity index (χ0v) is 9.32. The summed E-state index contributed by atoms with van der Waals surface area (Å²) >= 11 is 9.23. The van der Waals surface area contributed by atoms with Crippen LogP contribution in [-0.2, 0) is 6.54 Å². The van der Waals surface area contributed by atoms with Crippen molar-refractivity contribution in [2.45, 2.75) is 19.5 Å². The van der Waals surface area contributed by atoms with Gasteiger partial charge in [0.2, 0.25) is 0 Å². The Balaban J connectivity index is 2.55. The molecule has 3 nitrogen and oxygen atoms in total. The molecule has 2 rings (SSSR count). The molecule has 0 radical (unpaired) electrons. The number of hydrogen-bond acceptors (Lipinski definition) is 1. The summed E-state index contributed by atoms with van der Waals surface area (Å²) in [6, 6.07) is 1.83. The maximum Gasteiger partial charge on any atom is 0.268 e. The summed E-state index contributed by atoms with van der Waals surface area (Å²) in [6.07, 6.45) is 0. The van der Waals surface area contributed by atoms with Crippen LogP contribution in [0, 0.1) is 0 Å². The van der Waals surface area contributed by atoms with Gasteiger partial charge in [-0.1, -0.05) is 11.6 Å². The summed E-state index contributed by atoms with van der Waals surface area (Å²) in [5, 5.41) is 3.42. The first-order valence-corrected chi connectivity index (χ1v) is 5.12. The first-order chi connectivity index (χ1) is 6.09. The molecule has 1 aliphatic heterocycles. The second-order valence-electron chi connectivity index (χ2n) is 3.15. The standard InChI is InChI=1S/C8H8BrClN2O/c1-4-3-12-6(8(13)11-4)2-5(10)7(12)9/h2,4H,3H2,1H3,(H,11,13)/t4-/m1/s1. The van der Waals surface area contributed by atoms with Crippen LogP contribution >= 0.6 is 27.5 Å². The largest absolute Gasteiger partial charge is 0.347 e. The Labute approximate surface area is 89.2 Å². The van der Waals surface area contributed by atoms with E-state index in [9.17, 15) is 4.79 Å². The topological polar surface area (TPSA) is 34.0 Å². The highest BCUT2D eigenvalue weighted by atomic mass is 79.9. The molecule has 2 heterocycles. The zero-order chi connectivity index (χ0) is 9.59. The third-order valence-corrected chi connectivity index (χ3v) is 3.43. The molecule has 1 amide bonds. The van der Waals surface area contributed by atoms with E-state index in [4.69, 9.17) is 11.6 Å². The number of amides is 1. The van der Waals surface area contributed by atoms with Crippen LogP contribution in [0.1, 0.15) is 17.4 Å². The Hall–Kier alpha value is -0.480. The Morgan fingerprint density at radius 3 is 3.15 bits per heavy atom. The second-order valence-corrected chi connectivity index (χ2v) is 4.31. The van der Waals surface area contributed by atoms with Crippen molar-refractivity contribution in [3.05, 3.63) is 21.4 Å². The van der Waals surface area contributed by atoms with Crippen LogP contribution in [0.5, 0.6) is 0 Å². The second kappa shape index (κ2) is 3.03. The van der Waals surface area contributed by atoms with Gasteiger partial charge in [-0.15, -0.1) is 0 Å². The van der Waals surface area contributed by atoms with Gasteiger partial charge in [-0.25, -0.2) is 0 Å². The third kappa shape index (κ3) is 1.38. The predicted octanol–water partition coefficient (Wildman–Crippen LogP) is 2.04. The monoisotopic (exact) mass is 262 g/mol. The van der Waals surface area contributed by atoms with Gasteiger partial charge in [-0.05, 0) is 28.9 Å². The normalized spacial score (nSPS) is 21.2. The molecule has 0 aliphatic carbocycles. The molecule has 70 valence electrons. The smallest absolute Gasteiger partial charge is 0.268 e. The van der Waals surface area contributed by atoms with Crippen molar-refractivity contribution < 1.29 is 4.79 Å². The molecule has 0 fully saturated rings. The highest BCUT2D eigenvalue weighted by Crippen LogP contribution is 2.28. The number of halogens is 2. The van der Waals surface area contributed by atoms with E-state index in [0.717, 1.165) is 11.1 Å². The summed E-state index contributed by atoms with van der Waals surface area (Å²) in [5.74, 6) is -0.0636. The van der Waals surface area contributed by atoms with Gasteiger partial charge < -0.3 is 9.88 Å². The number of nitrogens with zero attached hydrogens (tertiary/aromatic N) is 1. The number of hydrogen-bond donors (Lipinski definition) is 1. The van der Waals surface area contributed by atoms with Gasteiger partial charge in [-0.2, -0.15) is 0 Å². The van der Waals surface area contributed by atoms with Crippen molar-refractivity contribution in [3.8, 4) is 0 Å². The Morgan fingerprint density at radius 2 is 2.46 bits per heavy atom. The van der Waals surface area contributed by atoms with Gasteiger partial charge in [0.25, 0.3) is 5.91 Å². The zero-order valence-electron chi connectivity index (χ0n) is 6.97. The van der Waals surface area contributed by atoms with E-state index in [1.807, 2.05) is 11.5 Å². The van der Waals surface area contributed by atoms with Gasteiger partial charge >= 0.3 is 0 Å². The maximum absolute atomic E-state index is 11.5. The SMILES string of the molecule is C[C@@H]1Cn2c(cc(Cl)c2Br)C(=O)N1. The van der Waals surface area contributed by atoms with E-state index in [0.29, 0.717) is 10.7 Å². The number of carbonyl (C=O) groups is 1. The summed E-state index contributed by atoms with van der Waals surface area (Å²) in [5.41, 5.74) is 0.620. The van der Waals surface area contributed by atoms with Crippen LogP contribution in [0.2, 0.25) is 5.02 Å². The fraction of sp³-hybridized carbons (Fsp3) is 0.375. The van der Waals surface area contributed by atoms with Crippen molar-refractivity contribution in [2.24, 2.45) is 0 Å². The first-order valence-electron chi connectivity index (χ1n) is 3.95. The van der Waals surface area contributed by atoms with E-state index >= 15 is 0 Å². The predicted molar refractivity (Wildman–Crippen MR) is 54.1 cm³/mol. The quantitative estimate of drug-likeness (QED) is 0.763. The molecular formula is C8H8BrClN2O. The minimum Gasteiger partial charge on any atom is -0.347 e. The summed E-state index contributed by atoms with van der Waals surface area (Å²) in [6.45, 7) is 2.72. The summed E-state index contributed by atoms with van der Waals surface area (Å²) < 4.78 is 2.66. The fourth-order valence-electron chi connectivity index (χ4n) is 1.48. The average Bonchev–Trinajstić information content (AvgIpc) is 2.32. The number of nitrogens with one attached hydrogen (secondary N) is 1. The molecule has 0 bridgehead atoms. The molecule has 5 heteroatoms. The molecule has 1 aromatic rings. The molecule has 0 saturated carbocycles. The van der Waals surface area contributed by atoms with Crippen LogP contribution in [0.3, 0.4) is 0 Å². The Kier molecular flexibility index (Phi) is 2.12. The van der Waals surface area contributed by atoms with E-state index < -0.39 is 0 Å². The fourth-order valence-corrected chi connectivity index (χ4v) is 2.13. The first kappa shape index (κ1) is 9.09. The van der Waals surface area contributed by atoms with Crippen LogP contribution in [0.15, 0.2) is 10.7 Å². The Morgan fingerprint density at radius 1 is 1.77 bits per heavy atom. The molecule has 1 N–H and O–H groups in total. The molecule has 13 heavy (non-hydrogen) atoms. The average molecular weight is 264 g/mol. The maximum atomic E-state index is 11.5. The van der Waals surface area contributed by atoms with Crippen molar-refractivity contribution >= 4 is 33.4 Å². The minimum atomic E-state index is -0.0636. The lowest BCUT2D eigenvalue weighted by molar-refractivity contribution is 0.0905. The summed E-state index contributed by atoms with van der Waals surface area (Å²) in [7, 11) is 0. The molecular weight excluding hydrogens is 255 g/mol. The lowest BCUT2D eigenvalue weighted by Crippen LogP contribution is -2.42. The van der Waals surface area contributed by atoms with Crippen LogP contribution in [0.25, 0.3) is 0 Å². The molecule has 0 aromatic carbocycles. The lowest BCUT2D eigenvalue weighted by atomic mass is 10.2. The molecule has 1 atom stereocenters. The van der Waals surface area contributed by atoms with Crippen molar-refractivity contribution in [1.82, 2.24) is 9.88 Å². The summed E-state index contributed by atoms with van der Waals surface area (Å²) in [4.78, 5) is 11.5. The van der Waals surface area contributed by atoms with E-state index in [1.165, 1.54) is 0 Å². The number of fused-ring (bicyclic) bond motifs is 1. The number of carbonyl (C=O) groups excluding carboxylic acids is 1. The number of aromatic nitrogens is 1. The van der Waals surface area contributed by atoms with Gasteiger partial charge in [0.05, 0.1) is 5.02 Å². The molecule has 1 aliphatic rings. The van der Waals surface area contributed by atoms with E-state index in [1.54, 1.807) is 6.07 Å². The third-order valence-electron chi connectivity index (χ3n) is 2.05. The van der Waals surface area contributed by atoms with Crippen LogP contribution in [0.4, 0.5) is 0 Å². The highest BCUT2D eigenvalue weighted by molar-refractivity contribution is 9.10. The van der Waals surface area contributed by atoms with E-state index in [2.05, 4.69) is 21.2 Å². The van der Waals surface area contributed by atoms with Crippen molar-refractivity contribution in [1.29, 1.82) is 0 Å². The van der Waals surface area contributed by atoms with Crippen LogP contribution < -0.4 is 5.32 Å². The van der Waals surface area contributed by atoms with Gasteiger partial charge in [0.15, 0.2) is 0 Å². The lowest BCUT2D eigenvalue weighted by Gasteiger charge is -2.22. The van der Waals surface area contributed by atoms with Gasteiger partial charge in [-0.3, -0.25) is 4.79 Å². The Bertz CT molecular complexity index is 374. The van der Waals surface area contributed by atoms with Gasteiger partial charge in [0, 0.05) is 12.6 Å². The van der Waals surface area contributed by atoms with Crippen LogP contribution in [-0.4, -0.2) is 16.5 Å². The van der Waals surface area contributed by atoms with Crippen molar-refractivity contribution in [2.75, 3.05) is 0 Å². The van der Waals surface area contributed by atoms with E-state index in [-0.39, 0.29) is 11.9 Å². The molecule has 0 unspecified atom stereocenters. The minimum absolute atomic E-state index is 0.0636. The highest BCUT2D eigenvalue weighted by Gasteiger charge is 2.24. The number of rotatable bonds is 0. The van der Waals surface area contributed by atoms with Gasteiger partial charge in [0.1, 0.15) is 10.3 Å². The van der Waals surface area contributed by atoms with Crippen molar-refractivity contribution in [3.63, 3.8) is 0 Å².